The predicted octanol–water partition coefficient (Wildman–Crippen LogP) is 3.54. The Morgan fingerprint density at radius 3 is 2.51 bits per heavy atom. The Morgan fingerprint density at radius 2 is 1.91 bits per heavy atom. The summed E-state index contributed by atoms with van der Waals surface area (Å²) in [6.07, 6.45) is 2.68. The molecule has 0 bridgehead atoms. The van der Waals surface area contributed by atoms with E-state index in [9.17, 15) is 18.4 Å². The highest BCUT2D eigenvalue weighted by Gasteiger charge is 2.25. The molecule has 0 saturated carbocycles. The van der Waals surface area contributed by atoms with Crippen LogP contribution in [0.5, 0.6) is 5.75 Å². The van der Waals surface area contributed by atoms with Crippen LogP contribution in [0.1, 0.15) is 5.56 Å². The second-order valence-electron chi connectivity index (χ2n) is 9.37. The molecular weight excluding hydrogens is 582 g/mol. The predicted molar refractivity (Wildman–Crippen MR) is 158 cm³/mol. The average molecular weight is 611 g/mol. The number of ether oxygens (including phenoxy) is 1. The molecule has 1 aromatic heterocycles. The number of nitrogens with two attached hydrogens (primary N) is 1. The number of anilines is 2. The zero-order chi connectivity index (χ0) is 31.1. The average Bonchev–Trinajstić information content (AvgIpc) is 3.39. The van der Waals surface area contributed by atoms with Crippen LogP contribution in [0, 0.1) is 11.3 Å². The molecule has 2 heterocycles. The lowest BCUT2D eigenvalue weighted by atomic mass is 10.1. The summed E-state index contributed by atoms with van der Waals surface area (Å²) in [5, 5.41) is 19.0. The number of amides is 2. The van der Waals surface area contributed by atoms with Gasteiger partial charge in [-0.25, -0.2) is 0 Å². The Balaban J connectivity index is 1.58. The van der Waals surface area contributed by atoms with Crippen molar-refractivity contribution in [2.75, 3.05) is 43.4 Å². The number of hydrogen-bond acceptors (Lipinski definition) is 8. The van der Waals surface area contributed by atoms with Crippen LogP contribution in [-0.4, -0.2) is 66.3 Å². The van der Waals surface area contributed by atoms with E-state index in [2.05, 4.69) is 38.0 Å². The van der Waals surface area contributed by atoms with Crippen LogP contribution >= 0.6 is 11.6 Å². The minimum Gasteiger partial charge on any atom is -0.434 e. The van der Waals surface area contributed by atoms with E-state index in [-0.39, 0.29) is 51.6 Å². The number of nitrogens with one attached hydrogen (secondary N) is 2. The maximum atomic E-state index is 13.3. The minimum atomic E-state index is -3.13. The van der Waals surface area contributed by atoms with E-state index in [1.165, 1.54) is 42.2 Å². The third kappa shape index (κ3) is 7.41. The van der Waals surface area contributed by atoms with Crippen molar-refractivity contribution in [3.8, 4) is 23.1 Å². The highest BCUT2D eigenvalue weighted by Crippen LogP contribution is 2.37. The maximum absolute atomic E-state index is 13.3. The lowest BCUT2D eigenvalue weighted by molar-refractivity contribution is -0.132. The molecule has 4 rings (SSSR count). The molecule has 0 aliphatic carbocycles. The highest BCUT2D eigenvalue weighted by molar-refractivity contribution is 6.31. The second kappa shape index (κ2) is 13.7. The number of alkyl halides is 2. The van der Waals surface area contributed by atoms with E-state index in [1.807, 2.05) is 12.1 Å². The van der Waals surface area contributed by atoms with Crippen molar-refractivity contribution in [1.29, 1.82) is 5.26 Å². The van der Waals surface area contributed by atoms with Crippen LogP contribution in [0.25, 0.3) is 11.3 Å². The van der Waals surface area contributed by atoms with Gasteiger partial charge in [-0.2, -0.15) is 19.1 Å². The van der Waals surface area contributed by atoms with Crippen molar-refractivity contribution in [2.45, 2.75) is 13.2 Å². The van der Waals surface area contributed by atoms with Crippen LogP contribution in [0.3, 0.4) is 0 Å². The molecule has 1 saturated heterocycles. The van der Waals surface area contributed by atoms with Crippen LogP contribution in [0.4, 0.5) is 20.2 Å². The molecule has 0 radical (unpaired) electrons. The number of nitriles is 1. The quantitative estimate of drug-likeness (QED) is 0.234. The summed E-state index contributed by atoms with van der Waals surface area (Å²) in [4.78, 5) is 30.1. The Labute approximate surface area is 251 Å². The molecule has 0 atom stereocenters. The van der Waals surface area contributed by atoms with Gasteiger partial charge < -0.3 is 30.9 Å². The molecule has 3 aromatic rings. The SMILES string of the molecule is C=C/C(C(=O)Nc1cn(CC(=O)N2CCN(c3ccc(C#N)cc3)CC2)nc1-c1cc(Cl)ccc1OC(F)F)=C(\N)NC. The lowest BCUT2D eigenvalue weighted by Crippen LogP contribution is -2.49. The van der Waals surface area contributed by atoms with Crippen molar-refractivity contribution >= 4 is 34.8 Å². The smallest absolute Gasteiger partial charge is 0.387 e. The molecular formula is C29H29ClF2N8O3. The van der Waals surface area contributed by atoms with E-state index in [0.717, 1.165) is 5.69 Å². The van der Waals surface area contributed by atoms with Gasteiger partial charge in [0.15, 0.2) is 0 Å². The molecule has 4 N–H and O–H groups in total. The minimum absolute atomic E-state index is 0.0348. The van der Waals surface area contributed by atoms with Gasteiger partial charge in [0, 0.05) is 55.7 Å². The van der Waals surface area contributed by atoms with Crippen LogP contribution < -0.4 is 26.0 Å². The summed E-state index contributed by atoms with van der Waals surface area (Å²) in [5.41, 5.74) is 7.67. The first-order valence-corrected chi connectivity index (χ1v) is 13.5. The summed E-state index contributed by atoms with van der Waals surface area (Å²) >= 11 is 6.17. The Bertz CT molecular complexity index is 1580. The van der Waals surface area contributed by atoms with E-state index in [4.69, 9.17) is 22.6 Å². The molecule has 43 heavy (non-hydrogen) atoms. The van der Waals surface area contributed by atoms with E-state index in [0.29, 0.717) is 31.7 Å². The van der Waals surface area contributed by atoms with Crippen molar-refractivity contribution in [2.24, 2.45) is 5.73 Å². The van der Waals surface area contributed by atoms with Gasteiger partial charge in [0.05, 0.1) is 22.9 Å². The third-order valence-electron chi connectivity index (χ3n) is 6.72. The van der Waals surface area contributed by atoms with E-state index >= 15 is 0 Å². The number of rotatable bonds is 10. The first kappa shape index (κ1) is 30.9. The number of carbonyl (C=O) groups excluding carboxylic acids is 2. The fraction of sp³-hybridized carbons (Fsp3) is 0.241. The van der Waals surface area contributed by atoms with Gasteiger partial charge in [-0.1, -0.05) is 24.3 Å². The standard InChI is InChI=1S/C29H29ClF2N8O3/c1-3-21(27(34)35-2)28(42)36-23-16-40(37-26(23)22-14-19(30)6-9-24(22)43-29(31)32)17-25(41)39-12-10-38(11-13-39)20-7-4-18(15-33)5-8-20/h3-9,14,16,29,35H,1,10-13,17,34H2,2H3,(H,36,42)/b27-21-. The molecule has 0 spiro atoms. The van der Waals surface area contributed by atoms with Gasteiger partial charge in [-0.05, 0) is 42.5 Å². The number of piperazine rings is 1. The number of halogens is 3. The normalized spacial score (nSPS) is 13.7. The molecule has 1 aliphatic rings. The van der Waals surface area contributed by atoms with Gasteiger partial charge in [0.25, 0.3) is 5.91 Å². The monoisotopic (exact) mass is 610 g/mol. The molecule has 1 aliphatic heterocycles. The zero-order valence-corrected chi connectivity index (χ0v) is 23.9. The largest absolute Gasteiger partial charge is 0.434 e. The fourth-order valence-corrected chi connectivity index (χ4v) is 4.70. The number of aromatic nitrogens is 2. The maximum Gasteiger partial charge on any atom is 0.387 e. The third-order valence-corrected chi connectivity index (χ3v) is 6.96. The first-order chi connectivity index (χ1) is 20.6. The Hall–Kier alpha value is -5.09. The number of carbonyl (C=O) groups is 2. The van der Waals surface area contributed by atoms with Crippen molar-refractivity contribution < 1.29 is 23.1 Å². The fourth-order valence-electron chi connectivity index (χ4n) is 4.53. The van der Waals surface area contributed by atoms with Crippen molar-refractivity contribution in [1.82, 2.24) is 20.0 Å². The topological polar surface area (TPSA) is 142 Å². The summed E-state index contributed by atoms with van der Waals surface area (Å²) in [6, 6.07) is 13.3. The molecule has 11 nitrogen and oxygen atoms in total. The van der Waals surface area contributed by atoms with Gasteiger partial charge in [0.2, 0.25) is 5.91 Å². The van der Waals surface area contributed by atoms with Gasteiger partial charge >= 0.3 is 6.61 Å². The van der Waals surface area contributed by atoms with E-state index in [1.54, 1.807) is 17.0 Å². The van der Waals surface area contributed by atoms with Gasteiger partial charge in [-0.15, -0.1) is 0 Å². The zero-order valence-electron chi connectivity index (χ0n) is 23.2. The molecule has 1 fully saturated rings. The molecule has 2 amide bonds. The number of nitrogens with zero attached hydrogens (tertiary/aromatic N) is 5. The van der Waals surface area contributed by atoms with Crippen molar-refractivity contribution in [3.05, 3.63) is 83.3 Å². The molecule has 224 valence electrons. The molecule has 14 heteroatoms. The highest BCUT2D eigenvalue weighted by atomic mass is 35.5. The first-order valence-electron chi connectivity index (χ1n) is 13.1. The Kier molecular flexibility index (Phi) is 9.84. The van der Waals surface area contributed by atoms with Gasteiger partial charge in [-0.3, -0.25) is 14.3 Å². The summed E-state index contributed by atoms with van der Waals surface area (Å²) < 4.78 is 32.4. The lowest BCUT2D eigenvalue weighted by Gasteiger charge is -2.36. The van der Waals surface area contributed by atoms with E-state index < -0.39 is 12.5 Å². The van der Waals surface area contributed by atoms with Crippen LogP contribution in [-0.2, 0) is 16.1 Å². The summed E-state index contributed by atoms with van der Waals surface area (Å²) in [7, 11) is 1.53. The Morgan fingerprint density at radius 1 is 1.21 bits per heavy atom. The summed E-state index contributed by atoms with van der Waals surface area (Å²) in [6.45, 7) is 2.38. The molecule has 0 unspecified atom stereocenters. The number of hydrogen-bond donors (Lipinski definition) is 3. The number of benzene rings is 2. The molecule has 2 aromatic carbocycles. The second-order valence-corrected chi connectivity index (χ2v) is 9.81. The van der Waals surface area contributed by atoms with Crippen LogP contribution in [0.15, 0.2) is 72.7 Å². The van der Waals surface area contributed by atoms with Gasteiger partial charge in [0.1, 0.15) is 23.8 Å². The van der Waals surface area contributed by atoms with Crippen molar-refractivity contribution in [3.63, 3.8) is 0 Å². The summed E-state index contributed by atoms with van der Waals surface area (Å²) in [5.74, 6) is -1.04. The van der Waals surface area contributed by atoms with Crippen LogP contribution in [0.2, 0.25) is 5.02 Å².